The van der Waals surface area contributed by atoms with Crippen molar-refractivity contribution in [3.63, 3.8) is 0 Å². The van der Waals surface area contributed by atoms with Gasteiger partial charge in [-0.2, -0.15) is 24.9 Å². The molecule has 1 heterocycles. The first kappa shape index (κ1) is 17.9. The minimum absolute atomic E-state index is 0.0185. The van der Waals surface area contributed by atoms with Crippen LogP contribution in [-0.4, -0.2) is 22.5 Å². The van der Waals surface area contributed by atoms with Crippen LogP contribution in [0.5, 0.6) is 0 Å². The zero-order valence-corrected chi connectivity index (χ0v) is 13.2. The predicted molar refractivity (Wildman–Crippen MR) is 82.4 cm³/mol. The fourth-order valence-corrected chi connectivity index (χ4v) is 2.77. The number of thioether (sulfide) groups is 1. The van der Waals surface area contributed by atoms with E-state index in [0.29, 0.717) is 6.54 Å². The molecule has 0 radical (unpaired) electrons. The molecule has 0 bridgehead atoms. The highest BCUT2D eigenvalue weighted by Crippen LogP contribution is 2.33. The third-order valence-corrected chi connectivity index (χ3v) is 5.20. The normalized spacial score (nSPS) is 12.3. The van der Waals surface area contributed by atoms with Crippen molar-refractivity contribution < 1.29 is 13.2 Å². The van der Waals surface area contributed by atoms with Crippen LogP contribution in [0.4, 0.5) is 24.8 Å². The van der Waals surface area contributed by atoms with Crippen LogP contribution in [0.15, 0.2) is 12.1 Å². The van der Waals surface area contributed by atoms with E-state index in [1.165, 1.54) is 0 Å². The second-order valence-electron chi connectivity index (χ2n) is 4.72. The van der Waals surface area contributed by atoms with Crippen molar-refractivity contribution in [2.24, 2.45) is 5.84 Å². The van der Waals surface area contributed by atoms with Crippen LogP contribution in [0.3, 0.4) is 0 Å². The lowest BCUT2D eigenvalue weighted by Gasteiger charge is -2.30. The number of hydrogen-bond acceptors (Lipinski definition) is 5. The molecule has 21 heavy (non-hydrogen) atoms. The van der Waals surface area contributed by atoms with Gasteiger partial charge >= 0.3 is 6.18 Å². The van der Waals surface area contributed by atoms with Crippen molar-refractivity contribution in [2.45, 2.75) is 37.6 Å². The summed E-state index contributed by atoms with van der Waals surface area (Å²) in [6.45, 7) is 4.67. The highest BCUT2D eigenvalue weighted by Gasteiger charge is 2.32. The van der Waals surface area contributed by atoms with Crippen LogP contribution < -0.4 is 16.6 Å². The molecular formula is C13H21F3N4S. The number of nitrogen functional groups attached to an aromatic ring is 1. The van der Waals surface area contributed by atoms with Crippen LogP contribution in [0.1, 0.15) is 32.3 Å². The molecular weight excluding hydrogens is 301 g/mol. The van der Waals surface area contributed by atoms with Gasteiger partial charge in [-0.15, -0.1) is 0 Å². The molecule has 1 rings (SSSR count). The van der Waals surface area contributed by atoms with Gasteiger partial charge in [0.1, 0.15) is 11.6 Å². The van der Waals surface area contributed by atoms with Crippen molar-refractivity contribution in [1.29, 1.82) is 0 Å². The Morgan fingerprint density at radius 3 is 2.19 bits per heavy atom. The summed E-state index contributed by atoms with van der Waals surface area (Å²) in [6.07, 6.45) is -0.602. The van der Waals surface area contributed by atoms with Crippen LogP contribution in [0, 0.1) is 0 Å². The number of hydrazine groups is 1. The molecule has 0 saturated carbocycles. The Kier molecular flexibility index (Phi) is 6.15. The fourth-order valence-electron chi connectivity index (χ4n) is 1.97. The standard InChI is InChI=1S/C13H21F3N4S/c1-4-12(5-2,21-3)8-18-10-6-9(13(14,15)16)7-11(19-10)20-17/h6-7H,4-5,8,17H2,1-3H3,(H2,18,19,20). The molecule has 0 aliphatic rings. The largest absolute Gasteiger partial charge is 0.416 e. The van der Waals surface area contributed by atoms with E-state index in [-0.39, 0.29) is 16.4 Å². The molecule has 0 spiro atoms. The zero-order chi connectivity index (χ0) is 16.1. The highest BCUT2D eigenvalue weighted by molar-refractivity contribution is 8.00. The quantitative estimate of drug-likeness (QED) is 0.527. The Morgan fingerprint density at radius 1 is 1.19 bits per heavy atom. The molecule has 0 atom stereocenters. The third-order valence-electron chi connectivity index (χ3n) is 3.61. The van der Waals surface area contributed by atoms with Gasteiger partial charge in [0.05, 0.1) is 5.56 Å². The monoisotopic (exact) mass is 322 g/mol. The van der Waals surface area contributed by atoms with Gasteiger partial charge in [-0.25, -0.2) is 10.8 Å². The minimum atomic E-state index is -4.43. The van der Waals surface area contributed by atoms with E-state index in [2.05, 4.69) is 29.6 Å². The van der Waals surface area contributed by atoms with Crippen LogP contribution >= 0.6 is 11.8 Å². The van der Waals surface area contributed by atoms with E-state index in [4.69, 9.17) is 5.84 Å². The van der Waals surface area contributed by atoms with E-state index in [9.17, 15) is 13.2 Å². The van der Waals surface area contributed by atoms with Crippen molar-refractivity contribution in [2.75, 3.05) is 23.5 Å². The average Bonchev–Trinajstić information content (AvgIpc) is 2.48. The van der Waals surface area contributed by atoms with E-state index < -0.39 is 11.7 Å². The number of nitrogens with zero attached hydrogens (tertiary/aromatic N) is 1. The van der Waals surface area contributed by atoms with E-state index in [0.717, 1.165) is 25.0 Å². The van der Waals surface area contributed by atoms with Gasteiger partial charge in [-0.3, -0.25) is 0 Å². The first-order valence-corrected chi connectivity index (χ1v) is 7.87. The van der Waals surface area contributed by atoms with Gasteiger partial charge in [0.15, 0.2) is 0 Å². The summed E-state index contributed by atoms with van der Waals surface area (Å²) in [5.41, 5.74) is 1.38. The van der Waals surface area contributed by atoms with Crippen LogP contribution in [0.25, 0.3) is 0 Å². The van der Waals surface area contributed by atoms with E-state index in [1.807, 2.05) is 6.26 Å². The van der Waals surface area contributed by atoms with Gasteiger partial charge < -0.3 is 10.7 Å². The second-order valence-corrected chi connectivity index (χ2v) is 5.99. The molecule has 4 N–H and O–H groups in total. The topological polar surface area (TPSA) is 63.0 Å². The van der Waals surface area contributed by atoms with Gasteiger partial charge in [-0.1, -0.05) is 13.8 Å². The zero-order valence-electron chi connectivity index (χ0n) is 12.3. The Bertz CT molecular complexity index is 453. The van der Waals surface area contributed by atoms with Crippen molar-refractivity contribution in [1.82, 2.24) is 4.98 Å². The van der Waals surface area contributed by atoms with Crippen molar-refractivity contribution in [3.8, 4) is 0 Å². The van der Waals surface area contributed by atoms with Crippen LogP contribution in [-0.2, 0) is 6.18 Å². The summed E-state index contributed by atoms with van der Waals surface area (Å²) >= 11 is 1.70. The van der Waals surface area contributed by atoms with Crippen LogP contribution in [0.2, 0.25) is 0 Å². The number of rotatable bonds is 7. The molecule has 0 saturated heterocycles. The summed E-state index contributed by atoms with van der Waals surface area (Å²) < 4.78 is 38.5. The number of alkyl halides is 3. The van der Waals surface area contributed by atoms with Crippen molar-refractivity contribution in [3.05, 3.63) is 17.7 Å². The fraction of sp³-hybridized carbons (Fsp3) is 0.615. The average molecular weight is 322 g/mol. The molecule has 0 aromatic carbocycles. The lowest BCUT2D eigenvalue weighted by molar-refractivity contribution is -0.137. The maximum Gasteiger partial charge on any atom is 0.416 e. The maximum absolute atomic E-state index is 12.8. The number of nitrogens with one attached hydrogen (secondary N) is 2. The number of aromatic nitrogens is 1. The van der Waals surface area contributed by atoms with Gasteiger partial charge in [0.2, 0.25) is 0 Å². The number of halogens is 3. The van der Waals surface area contributed by atoms with Gasteiger partial charge in [0.25, 0.3) is 0 Å². The summed E-state index contributed by atoms with van der Waals surface area (Å²) in [5, 5.41) is 3.00. The first-order valence-electron chi connectivity index (χ1n) is 6.65. The number of nitrogens with two attached hydrogens (primary N) is 1. The molecule has 120 valence electrons. The third kappa shape index (κ3) is 4.67. The molecule has 0 unspecified atom stereocenters. The Labute approximate surface area is 127 Å². The van der Waals surface area contributed by atoms with Gasteiger partial charge in [0, 0.05) is 11.3 Å². The number of pyridine rings is 1. The molecule has 0 fully saturated rings. The lowest BCUT2D eigenvalue weighted by Crippen LogP contribution is -2.32. The van der Waals surface area contributed by atoms with E-state index in [1.54, 1.807) is 11.8 Å². The Hall–Kier alpha value is -1.15. The Morgan fingerprint density at radius 2 is 1.76 bits per heavy atom. The summed E-state index contributed by atoms with van der Waals surface area (Å²) in [6, 6.07) is 1.88. The predicted octanol–water partition coefficient (Wildman–Crippen LogP) is 3.72. The summed E-state index contributed by atoms with van der Waals surface area (Å²) in [4.78, 5) is 4.01. The maximum atomic E-state index is 12.8. The molecule has 0 aliphatic heterocycles. The van der Waals surface area contributed by atoms with Crippen molar-refractivity contribution >= 4 is 23.4 Å². The molecule has 0 aliphatic carbocycles. The van der Waals surface area contributed by atoms with E-state index >= 15 is 0 Å². The molecule has 1 aromatic heterocycles. The smallest absolute Gasteiger partial charge is 0.369 e. The number of hydrogen-bond donors (Lipinski definition) is 3. The molecule has 4 nitrogen and oxygen atoms in total. The molecule has 0 amide bonds. The molecule has 1 aromatic rings. The number of anilines is 2. The molecule has 8 heteroatoms. The second kappa shape index (κ2) is 7.22. The first-order chi connectivity index (χ1) is 9.80. The Balaban J connectivity index is 2.98. The lowest BCUT2D eigenvalue weighted by atomic mass is 10.0. The minimum Gasteiger partial charge on any atom is -0.369 e. The SMILES string of the molecule is CCC(CC)(CNc1cc(C(F)(F)F)cc(NN)n1)SC. The summed E-state index contributed by atoms with van der Waals surface area (Å²) in [5.74, 6) is 5.33. The van der Waals surface area contributed by atoms with Gasteiger partial charge in [-0.05, 0) is 31.2 Å². The summed E-state index contributed by atoms with van der Waals surface area (Å²) in [7, 11) is 0. The highest BCUT2D eigenvalue weighted by atomic mass is 32.2.